The zero-order valence-electron chi connectivity index (χ0n) is 11.1. The molecule has 1 aliphatic carbocycles. The first-order valence-electron chi connectivity index (χ1n) is 7.11. The average Bonchev–Trinajstić information content (AvgIpc) is 2.38. The maximum atomic E-state index is 4.55. The Hall–Kier alpha value is -1.16. The van der Waals surface area contributed by atoms with Crippen LogP contribution in [0.5, 0.6) is 0 Å². The Balaban J connectivity index is 1.62. The molecular weight excluding hydrogens is 224 g/mol. The molecule has 2 heterocycles. The average molecular weight is 246 g/mol. The van der Waals surface area contributed by atoms with Crippen molar-refractivity contribution in [3.63, 3.8) is 0 Å². The van der Waals surface area contributed by atoms with E-state index in [1.807, 2.05) is 19.4 Å². The number of hydrogen-bond acceptors (Lipinski definition) is 4. The molecule has 1 aromatic heterocycles. The van der Waals surface area contributed by atoms with Crippen molar-refractivity contribution in [3.8, 4) is 0 Å². The van der Waals surface area contributed by atoms with Crippen LogP contribution in [-0.2, 0) is 0 Å². The molecule has 18 heavy (non-hydrogen) atoms. The van der Waals surface area contributed by atoms with Crippen molar-refractivity contribution in [2.45, 2.75) is 44.1 Å². The molecule has 0 bridgehead atoms. The van der Waals surface area contributed by atoms with Gasteiger partial charge < -0.3 is 10.2 Å². The van der Waals surface area contributed by atoms with Gasteiger partial charge in [-0.1, -0.05) is 6.42 Å². The fourth-order valence-corrected chi connectivity index (χ4v) is 2.82. The van der Waals surface area contributed by atoms with Crippen molar-refractivity contribution in [3.05, 3.63) is 18.0 Å². The topological polar surface area (TPSA) is 41.0 Å². The third kappa shape index (κ3) is 2.34. The lowest BCUT2D eigenvalue weighted by molar-refractivity contribution is 0.416. The van der Waals surface area contributed by atoms with Gasteiger partial charge in [-0.3, -0.25) is 0 Å². The minimum absolute atomic E-state index is 0.662. The van der Waals surface area contributed by atoms with Crippen molar-refractivity contribution in [2.24, 2.45) is 0 Å². The molecule has 0 radical (unpaired) electrons. The highest BCUT2D eigenvalue weighted by Crippen LogP contribution is 2.35. The minimum atomic E-state index is 0.662. The van der Waals surface area contributed by atoms with Crippen LogP contribution in [0.25, 0.3) is 0 Å². The second-order valence-electron chi connectivity index (χ2n) is 5.49. The highest BCUT2D eigenvalue weighted by molar-refractivity contribution is 5.31. The summed E-state index contributed by atoms with van der Waals surface area (Å²) in [7, 11) is 2.05. The number of anilines is 1. The van der Waals surface area contributed by atoms with E-state index >= 15 is 0 Å². The van der Waals surface area contributed by atoms with Gasteiger partial charge in [0.15, 0.2) is 0 Å². The van der Waals surface area contributed by atoms with Crippen LogP contribution in [0.1, 0.15) is 43.6 Å². The lowest BCUT2D eigenvalue weighted by atomic mass is 9.81. The maximum absolute atomic E-state index is 4.55. The summed E-state index contributed by atoms with van der Waals surface area (Å²) >= 11 is 0. The largest absolute Gasteiger partial charge is 0.341 e. The molecule has 0 unspecified atom stereocenters. The number of rotatable bonds is 3. The van der Waals surface area contributed by atoms with Gasteiger partial charge >= 0.3 is 0 Å². The second kappa shape index (κ2) is 5.22. The summed E-state index contributed by atoms with van der Waals surface area (Å²) in [5.41, 5.74) is 1.33. The van der Waals surface area contributed by atoms with Crippen LogP contribution in [0.4, 0.5) is 5.95 Å². The number of aromatic nitrogens is 2. The van der Waals surface area contributed by atoms with Gasteiger partial charge in [-0.05, 0) is 44.2 Å². The van der Waals surface area contributed by atoms with Crippen LogP contribution in [-0.4, -0.2) is 36.1 Å². The Morgan fingerprint density at radius 1 is 1.11 bits per heavy atom. The molecule has 1 aliphatic heterocycles. The van der Waals surface area contributed by atoms with Crippen molar-refractivity contribution in [1.29, 1.82) is 0 Å². The van der Waals surface area contributed by atoms with Crippen LogP contribution in [0.15, 0.2) is 12.4 Å². The Morgan fingerprint density at radius 3 is 2.28 bits per heavy atom. The van der Waals surface area contributed by atoms with Gasteiger partial charge in [-0.25, -0.2) is 9.97 Å². The molecule has 4 nitrogen and oxygen atoms in total. The van der Waals surface area contributed by atoms with E-state index in [1.165, 1.54) is 37.7 Å². The van der Waals surface area contributed by atoms with Crippen molar-refractivity contribution < 1.29 is 0 Å². The van der Waals surface area contributed by atoms with Gasteiger partial charge in [-0.2, -0.15) is 0 Å². The molecule has 3 rings (SSSR count). The Morgan fingerprint density at radius 2 is 1.78 bits per heavy atom. The van der Waals surface area contributed by atoms with E-state index in [9.17, 15) is 0 Å². The molecule has 0 amide bonds. The molecular formula is C14H22N4. The fourth-order valence-electron chi connectivity index (χ4n) is 2.82. The Bertz CT molecular complexity index is 377. The molecule has 1 aromatic rings. The fraction of sp³-hybridized carbons (Fsp3) is 0.714. The molecule has 0 spiro atoms. The van der Waals surface area contributed by atoms with E-state index in [-0.39, 0.29) is 0 Å². The molecule has 0 aromatic carbocycles. The molecule has 1 N–H and O–H groups in total. The highest BCUT2D eigenvalue weighted by atomic mass is 15.3. The normalized spacial score (nSPS) is 21.9. The summed E-state index contributed by atoms with van der Waals surface area (Å²) in [5, 5.41) is 3.35. The molecule has 4 heteroatoms. The van der Waals surface area contributed by atoms with Crippen LogP contribution < -0.4 is 10.2 Å². The zero-order chi connectivity index (χ0) is 12.4. The molecule has 1 saturated heterocycles. The zero-order valence-corrected chi connectivity index (χ0v) is 11.1. The third-order valence-corrected chi connectivity index (χ3v) is 4.42. The smallest absolute Gasteiger partial charge is 0.225 e. The van der Waals surface area contributed by atoms with Crippen molar-refractivity contribution in [1.82, 2.24) is 15.3 Å². The summed E-state index contributed by atoms with van der Waals surface area (Å²) in [6.07, 6.45) is 10.4. The number of nitrogens with one attached hydrogen (secondary N) is 1. The Kier molecular flexibility index (Phi) is 3.46. The first kappa shape index (κ1) is 11.9. The van der Waals surface area contributed by atoms with E-state index in [0.29, 0.717) is 6.04 Å². The highest BCUT2D eigenvalue weighted by Gasteiger charge is 2.22. The third-order valence-electron chi connectivity index (χ3n) is 4.42. The number of nitrogens with zero attached hydrogens (tertiary/aromatic N) is 3. The van der Waals surface area contributed by atoms with Crippen LogP contribution in [0, 0.1) is 0 Å². The Labute approximate surface area is 109 Å². The summed E-state index contributed by atoms with van der Waals surface area (Å²) in [6.45, 7) is 2.13. The lowest BCUT2D eigenvalue weighted by Gasteiger charge is -2.32. The number of piperidine rings is 1. The quantitative estimate of drug-likeness (QED) is 0.885. The summed E-state index contributed by atoms with van der Waals surface area (Å²) in [4.78, 5) is 11.4. The maximum Gasteiger partial charge on any atom is 0.225 e. The first-order chi connectivity index (χ1) is 8.86. The van der Waals surface area contributed by atoms with Gasteiger partial charge in [0.1, 0.15) is 0 Å². The SMILES string of the molecule is CNC1CCN(c2ncc(C3CCC3)cn2)CC1. The molecule has 1 saturated carbocycles. The van der Waals surface area contributed by atoms with E-state index < -0.39 is 0 Å². The van der Waals surface area contributed by atoms with Crippen LogP contribution in [0.2, 0.25) is 0 Å². The first-order valence-corrected chi connectivity index (χ1v) is 7.11. The predicted octanol–water partition coefficient (Wildman–Crippen LogP) is 1.93. The molecule has 0 atom stereocenters. The van der Waals surface area contributed by atoms with Crippen molar-refractivity contribution >= 4 is 5.95 Å². The second-order valence-corrected chi connectivity index (χ2v) is 5.49. The molecule has 98 valence electrons. The van der Waals surface area contributed by atoms with Gasteiger partial charge in [0.25, 0.3) is 0 Å². The minimum Gasteiger partial charge on any atom is -0.341 e. The summed E-state index contributed by atoms with van der Waals surface area (Å²) < 4.78 is 0. The van der Waals surface area contributed by atoms with Crippen molar-refractivity contribution in [2.75, 3.05) is 25.0 Å². The van der Waals surface area contributed by atoms with E-state index in [0.717, 1.165) is 25.0 Å². The lowest BCUT2D eigenvalue weighted by Crippen LogP contribution is -2.41. The van der Waals surface area contributed by atoms with E-state index in [1.54, 1.807) is 0 Å². The number of hydrogen-bond donors (Lipinski definition) is 1. The van der Waals surface area contributed by atoms with E-state index in [2.05, 4.69) is 20.2 Å². The molecule has 2 aliphatic rings. The van der Waals surface area contributed by atoms with E-state index in [4.69, 9.17) is 0 Å². The summed E-state index contributed by atoms with van der Waals surface area (Å²) in [6, 6.07) is 0.662. The molecule has 2 fully saturated rings. The van der Waals surface area contributed by atoms with Crippen LogP contribution >= 0.6 is 0 Å². The van der Waals surface area contributed by atoms with Gasteiger partial charge in [0.05, 0.1) is 0 Å². The van der Waals surface area contributed by atoms with Crippen LogP contribution in [0.3, 0.4) is 0 Å². The predicted molar refractivity (Wildman–Crippen MR) is 72.9 cm³/mol. The van der Waals surface area contributed by atoms with Gasteiger partial charge in [0, 0.05) is 31.5 Å². The van der Waals surface area contributed by atoms with Gasteiger partial charge in [0.2, 0.25) is 5.95 Å². The summed E-state index contributed by atoms with van der Waals surface area (Å²) in [5.74, 6) is 1.64. The van der Waals surface area contributed by atoms with Gasteiger partial charge in [-0.15, -0.1) is 0 Å². The standard InChI is InChI=1S/C14H22N4/c1-15-13-5-7-18(8-6-13)14-16-9-12(10-17-14)11-3-2-4-11/h9-11,13,15H,2-8H2,1H3. The monoisotopic (exact) mass is 246 g/mol.